The van der Waals surface area contributed by atoms with Gasteiger partial charge >= 0.3 is 50.0 Å². The van der Waals surface area contributed by atoms with Crippen LogP contribution in [0.3, 0.4) is 0 Å². The fourth-order valence-corrected chi connectivity index (χ4v) is 0.458. The maximum absolute atomic E-state index is 10.1. The SMILES string of the molecule is C=CC(C)=CC.CC(C)(C)[O-].CC(C)(C)[O-].CC(C)(C)[O-].CC=CC=[CH][Ti+3]. The van der Waals surface area contributed by atoms with Gasteiger partial charge in [0.25, 0.3) is 0 Å². The minimum absolute atomic E-state index is 0.750. The van der Waals surface area contributed by atoms with Crippen molar-refractivity contribution < 1.29 is 35.8 Å². The Labute approximate surface area is 182 Å². The van der Waals surface area contributed by atoms with Gasteiger partial charge in [-0.05, 0) is 13.8 Å². The first-order valence-corrected chi connectivity index (χ1v) is 9.94. The molecule has 3 nitrogen and oxygen atoms in total. The molecule has 0 aliphatic heterocycles. The summed E-state index contributed by atoms with van der Waals surface area (Å²) in [7, 11) is 0. The van der Waals surface area contributed by atoms with E-state index in [2.05, 4.69) is 6.58 Å². The monoisotopic (exact) mass is 416 g/mol. The summed E-state index contributed by atoms with van der Waals surface area (Å²) in [4.78, 5) is 0. The van der Waals surface area contributed by atoms with Crippen LogP contribution in [0, 0.1) is 0 Å². The van der Waals surface area contributed by atoms with Gasteiger partial charge in [-0.1, -0.05) is 86.6 Å². The van der Waals surface area contributed by atoms with Gasteiger partial charge in [0.1, 0.15) is 0 Å². The van der Waals surface area contributed by atoms with Gasteiger partial charge in [-0.25, -0.2) is 0 Å². The molecule has 0 rings (SSSR count). The van der Waals surface area contributed by atoms with Crippen molar-refractivity contribution >= 4 is 0 Å². The predicted molar refractivity (Wildman–Crippen MR) is 113 cm³/mol. The Kier molecular flexibility index (Phi) is 30.2. The molecule has 27 heavy (non-hydrogen) atoms. The first-order chi connectivity index (χ1) is 11.7. The van der Waals surface area contributed by atoms with Gasteiger partial charge in [0.05, 0.1) is 0 Å². The molecule has 0 aromatic heterocycles. The summed E-state index contributed by atoms with van der Waals surface area (Å²) in [6.45, 7) is 24.3. The third-order valence-electron chi connectivity index (χ3n) is 1.18. The summed E-state index contributed by atoms with van der Waals surface area (Å²) in [6.07, 6.45) is 9.85. The molecule has 0 amide bonds. The topological polar surface area (TPSA) is 69.2 Å². The molecular weight excluding hydrogens is 372 g/mol. The van der Waals surface area contributed by atoms with E-state index in [1.165, 1.54) is 5.57 Å². The molecule has 0 aliphatic carbocycles. The first kappa shape index (κ1) is 37.3. The molecule has 0 aliphatic rings. The average molecular weight is 416 g/mol. The van der Waals surface area contributed by atoms with Crippen molar-refractivity contribution in [1.29, 1.82) is 0 Å². The van der Waals surface area contributed by atoms with E-state index in [0.29, 0.717) is 0 Å². The van der Waals surface area contributed by atoms with Crippen LogP contribution in [0.1, 0.15) is 83.1 Å². The second-order valence-electron chi connectivity index (χ2n) is 8.46. The van der Waals surface area contributed by atoms with Gasteiger partial charge in [-0.2, -0.15) is 0 Å². The summed E-state index contributed by atoms with van der Waals surface area (Å²) in [6, 6.07) is 0. The second-order valence-corrected chi connectivity index (χ2v) is 8.98. The van der Waals surface area contributed by atoms with Crippen LogP contribution in [0.25, 0.3) is 0 Å². The Morgan fingerprint density at radius 3 is 1.04 bits per heavy atom. The number of hydrogen-bond acceptors (Lipinski definition) is 3. The Balaban J connectivity index is -0.0000000749. The van der Waals surface area contributed by atoms with E-state index in [4.69, 9.17) is 0 Å². The van der Waals surface area contributed by atoms with Crippen molar-refractivity contribution in [2.45, 2.75) is 99.9 Å². The van der Waals surface area contributed by atoms with Crippen molar-refractivity contribution in [2.24, 2.45) is 0 Å². The minimum atomic E-state index is -0.750. The molecule has 0 saturated heterocycles. The van der Waals surface area contributed by atoms with Crippen molar-refractivity contribution in [1.82, 2.24) is 0 Å². The van der Waals surface area contributed by atoms with Gasteiger partial charge in [0.15, 0.2) is 0 Å². The van der Waals surface area contributed by atoms with Crippen LogP contribution in [-0.4, -0.2) is 16.8 Å². The van der Waals surface area contributed by atoms with E-state index in [-0.39, 0.29) is 0 Å². The van der Waals surface area contributed by atoms with E-state index in [0.717, 1.165) is 0 Å². The molecule has 0 saturated carbocycles. The molecule has 0 atom stereocenters. The zero-order chi connectivity index (χ0) is 23.3. The normalized spacial score (nSPS) is 11.8. The number of allylic oxidation sites excluding steroid dienone is 6. The van der Waals surface area contributed by atoms with E-state index < -0.39 is 16.8 Å². The molecule has 0 aromatic carbocycles. The summed E-state index contributed by atoms with van der Waals surface area (Å²) in [5.41, 5.74) is -1.02. The molecule has 4 heteroatoms. The Hall–Kier alpha value is -0.446. The van der Waals surface area contributed by atoms with Crippen molar-refractivity contribution in [3.63, 3.8) is 0 Å². The first-order valence-electron chi connectivity index (χ1n) is 9.04. The Morgan fingerprint density at radius 2 is 1.00 bits per heavy atom. The third-order valence-corrected chi connectivity index (χ3v) is 1.48. The van der Waals surface area contributed by atoms with Gasteiger partial charge in [-0.15, -0.1) is 16.8 Å². The maximum atomic E-state index is 10.1. The van der Waals surface area contributed by atoms with Crippen molar-refractivity contribution in [3.8, 4) is 0 Å². The molecule has 0 unspecified atom stereocenters. The fourth-order valence-electron chi connectivity index (χ4n) is 0.285. The number of rotatable bonds is 2. The summed E-state index contributed by atoms with van der Waals surface area (Å²) in [5.74, 6) is 0. The standard InChI is InChI=1S/C6H10.C5H7.3C4H9O.Ti/c1-4-6(3)5-2;1-3-5-4-2;3*1-4(2,3)5;/h4-5H,1H2,2-3H3;1,3-5H,2H3;3*1-3H3;/q;;3*-1;+3. The molecule has 158 valence electrons. The Morgan fingerprint density at radius 1 is 0.741 bits per heavy atom. The zero-order valence-electron chi connectivity index (χ0n) is 19.9. The molecule has 0 radical (unpaired) electrons. The van der Waals surface area contributed by atoms with Gasteiger partial charge in [0, 0.05) is 0 Å². The molecule has 0 fully saturated rings. The molecule has 0 N–H and O–H groups in total. The number of hydrogen-bond donors (Lipinski definition) is 0. The van der Waals surface area contributed by atoms with Crippen LogP contribution in [-0.2, 0) is 20.4 Å². The summed E-state index contributed by atoms with van der Waals surface area (Å²) < 4.78 is 2.00. The van der Waals surface area contributed by atoms with Gasteiger partial charge < -0.3 is 15.3 Å². The van der Waals surface area contributed by atoms with Crippen LogP contribution in [0.15, 0.2) is 46.9 Å². The van der Waals surface area contributed by atoms with Crippen LogP contribution in [0.2, 0.25) is 0 Å². The van der Waals surface area contributed by atoms with E-state index in [1.54, 1.807) is 62.3 Å². The van der Waals surface area contributed by atoms with E-state index in [1.807, 2.05) is 76.0 Å². The summed E-state index contributed by atoms with van der Waals surface area (Å²) in [5, 5.41) is 30.3. The van der Waals surface area contributed by atoms with Gasteiger partial charge in [-0.3, -0.25) is 0 Å². The van der Waals surface area contributed by atoms with Crippen LogP contribution < -0.4 is 15.3 Å². The molecule has 0 bridgehead atoms. The zero-order valence-corrected chi connectivity index (χ0v) is 21.5. The van der Waals surface area contributed by atoms with E-state index in [9.17, 15) is 15.3 Å². The predicted octanol–water partition coefficient (Wildman–Crippen LogP) is 4.20. The average Bonchev–Trinajstić information content (AvgIpc) is 2.39. The van der Waals surface area contributed by atoms with Crippen LogP contribution in [0.4, 0.5) is 0 Å². The van der Waals surface area contributed by atoms with Crippen LogP contribution in [0.5, 0.6) is 0 Å². The molecule has 0 spiro atoms. The van der Waals surface area contributed by atoms with Gasteiger partial charge in [0.2, 0.25) is 0 Å². The van der Waals surface area contributed by atoms with Crippen molar-refractivity contribution in [3.05, 3.63) is 46.9 Å². The Bertz CT molecular complexity index is 331. The third kappa shape index (κ3) is 330. The summed E-state index contributed by atoms with van der Waals surface area (Å²) >= 11 is 2.00. The second kappa shape index (κ2) is 21.8. The quantitative estimate of drug-likeness (QED) is 0.501. The molecular formula is C23H44O3Ti. The fraction of sp³-hybridized carbons (Fsp3) is 0.652. The van der Waals surface area contributed by atoms with E-state index >= 15 is 0 Å². The molecule has 0 aromatic rings. The molecule has 0 heterocycles. The van der Waals surface area contributed by atoms with Crippen molar-refractivity contribution in [2.75, 3.05) is 0 Å². The van der Waals surface area contributed by atoms with Crippen LogP contribution >= 0.6 is 0 Å².